The van der Waals surface area contributed by atoms with Crippen LogP contribution in [0.2, 0.25) is 0 Å². The third-order valence-electron chi connectivity index (χ3n) is 6.54. The van der Waals surface area contributed by atoms with E-state index in [-0.39, 0.29) is 0 Å². The number of nitrogens with zero attached hydrogens (tertiary/aromatic N) is 2. The largest absolute Gasteiger partial charge is 0.385 e. The molecule has 0 spiro atoms. The highest BCUT2D eigenvalue weighted by Crippen LogP contribution is 2.45. The van der Waals surface area contributed by atoms with Gasteiger partial charge in [0.1, 0.15) is 5.60 Å². The molecule has 0 aliphatic carbocycles. The molecule has 0 amide bonds. The van der Waals surface area contributed by atoms with E-state index >= 15 is 0 Å². The smallest absolute Gasteiger partial charge is 0.144 e. The van der Waals surface area contributed by atoms with Gasteiger partial charge in [-0.3, -0.25) is 0 Å². The van der Waals surface area contributed by atoms with Crippen molar-refractivity contribution >= 4 is 27.8 Å². The molecule has 176 valence electrons. The Labute approximate surface area is 203 Å². The summed E-state index contributed by atoms with van der Waals surface area (Å²) in [5.74, 6) is 0. The van der Waals surface area contributed by atoms with Crippen molar-refractivity contribution in [2.75, 3.05) is 57.0 Å². The lowest BCUT2D eigenvalue weighted by atomic mass is 9.77. The highest BCUT2D eigenvalue weighted by atomic mass is 16.5. The number of anilines is 3. The molecule has 0 radical (unpaired) electrons. The predicted molar refractivity (Wildman–Crippen MR) is 147 cm³/mol. The lowest BCUT2D eigenvalue weighted by molar-refractivity contribution is 0.0598. The van der Waals surface area contributed by atoms with Crippen molar-refractivity contribution in [1.82, 2.24) is 0 Å². The zero-order chi connectivity index (χ0) is 24.3. The molecule has 4 heteroatoms. The number of methoxy groups -OCH3 is 1. The summed E-state index contributed by atoms with van der Waals surface area (Å²) in [4.78, 5) is 4.25. The van der Waals surface area contributed by atoms with E-state index in [0.29, 0.717) is 0 Å². The normalized spacial score (nSPS) is 12.9. The second-order valence-corrected chi connectivity index (χ2v) is 9.01. The standard InChI is InChI=1S/C30H35N3O/c1-7-31-29-20-19-28(26-13-8-9-14-27(26)29)30(34-6,22-15-17-24(18-16-22)32(2)3)23-11-10-12-25(21-23)33(4)5/h8-21,31H,7H2,1-6H3. The first-order valence-corrected chi connectivity index (χ1v) is 11.8. The van der Waals surface area contributed by atoms with Crippen LogP contribution in [0.4, 0.5) is 17.1 Å². The molecule has 34 heavy (non-hydrogen) atoms. The lowest BCUT2D eigenvalue weighted by Gasteiger charge is -2.36. The van der Waals surface area contributed by atoms with Crippen molar-refractivity contribution < 1.29 is 4.74 Å². The van der Waals surface area contributed by atoms with Crippen LogP contribution in [-0.2, 0) is 10.3 Å². The summed E-state index contributed by atoms with van der Waals surface area (Å²) >= 11 is 0. The Hall–Kier alpha value is -3.50. The highest BCUT2D eigenvalue weighted by molar-refractivity contribution is 5.97. The molecule has 0 aromatic heterocycles. The molecule has 0 fully saturated rings. The fraction of sp³-hybridized carbons (Fsp3) is 0.267. The highest BCUT2D eigenvalue weighted by Gasteiger charge is 2.38. The van der Waals surface area contributed by atoms with Gasteiger partial charge in [0.2, 0.25) is 0 Å². The van der Waals surface area contributed by atoms with Gasteiger partial charge in [0.15, 0.2) is 0 Å². The average molecular weight is 454 g/mol. The van der Waals surface area contributed by atoms with Gasteiger partial charge in [0, 0.05) is 69.9 Å². The van der Waals surface area contributed by atoms with Crippen LogP contribution in [0.3, 0.4) is 0 Å². The molecule has 4 rings (SSSR count). The fourth-order valence-corrected chi connectivity index (χ4v) is 4.77. The van der Waals surface area contributed by atoms with Crippen molar-refractivity contribution in [3.05, 3.63) is 102 Å². The number of fused-ring (bicyclic) bond motifs is 1. The number of rotatable bonds is 8. The van der Waals surface area contributed by atoms with Crippen LogP contribution >= 0.6 is 0 Å². The Balaban J connectivity index is 2.06. The first-order valence-electron chi connectivity index (χ1n) is 11.8. The first-order chi connectivity index (χ1) is 16.4. The SMILES string of the molecule is CCNc1ccc(C(OC)(c2ccc(N(C)C)cc2)c2cccc(N(C)C)c2)c2ccccc12. The molecule has 0 saturated carbocycles. The van der Waals surface area contributed by atoms with E-state index in [1.54, 1.807) is 0 Å². The molecule has 1 atom stereocenters. The molecule has 1 unspecified atom stereocenters. The minimum Gasteiger partial charge on any atom is -0.385 e. The van der Waals surface area contributed by atoms with Crippen molar-refractivity contribution in [1.29, 1.82) is 0 Å². The van der Waals surface area contributed by atoms with Crippen LogP contribution in [0.15, 0.2) is 84.9 Å². The minimum absolute atomic E-state index is 0.777. The van der Waals surface area contributed by atoms with Crippen molar-refractivity contribution in [2.24, 2.45) is 0 Å². The number of ether oxygens (including phenoxy) is 1. The summed E-state index contributed by atoms with van der Waals surface area (Å²) in [5, 5.41) is 5.89. The van der Waals surface area contributed by atoms with Crippen LogP contribution in [0.5, 0.6) is 0 Å². The second kappa shape index (κ2) is 9.78. The zero-order valence-electron chi connectivity index (χ0n) is 21.1. The molecular weight excluding hydrogens is 418 g/mol. The van der Waals surface area contributed by atoms with E-state index in [1.807, 2.05) is 7.11 Å². The summed E-state index contributed by atoms with van der Waals surface area (Å²) in [7, 11) is 10.1. The van der Waals surface area contributed by atoms with Gasteiger partial charge in [-0.05, 0) is 53.8 Å². The maximum atomic E-state index is 6.59. The van der Waals surface area contributed by atoms with Gasteiger partial charge in [-0.1, -0.05) is 54.6 Å². The summed E-state index contributed by atoms with van der Waals surface area (Å²) in [5.41, 5.74) is 5.97. The molecule has 0 saturated heterocycles. The summed E-state index contributed by atoms with van der Waals surface area (Å²) < 4.78 is 6.59. The number of nitrogens with one attached hydrogen (secondary N) is 1. The Morgan fingerprint density at radius 3 is 2.00 bits per heavy atom. The predicted octanol–water partition coefficient (Wildman–Crippen LogP) is 6.34. The van der Waals surface area contributed by atoms with Gasteiger partial charge in [-0.25, -0.2) is 0 Å². The van der Waals surface area contributed by atoms with E-state index in [4.69, 9.17) is 4.74 Å². The summed E-state index contributed by atoms with van der Waals surface area (Å²) in [6.07, 6.45) is 0. The Bertz CT molecular complexity index is 1260. The minimum atomic E-state index is -0.777. The third-order valence-corrected chi connectivity index (χ3v) is 6.54. The van der Waals surface area contributed by atoms with E-state index in [2.05, 4.69) is 135 Å². The van der Waals surface area contributed by atoms with Crippen LogP contribution < -0.4 is 15.1 Å². The number of benzene rings is 4. The topological polar surface area (TPSA) is 27.7 Å². The molecule has 0 heterocycles. The zero-order valence-corrected chi connectivity index (χ0v) is 21.1. The lowest BCUT2D eigenvalue weighted by Crippen LogP contribution is -2.32. The Morgan fingerprint density at radius 1 is 0.706 bits per heavy atom. The molecule has 4 aromatic carbocycles. The van der Waals surface area contributed by atoms with Crippen molar-refractivity contribution in [2.45, 2.75) is 12.5 Å². The summed E-state index contributed by atoms with van der Waals surface area (Å²) in [6, 6.07) is 30.3. The third kappa shape index (κ3) is 4.10. The molecular formula is C30H35N3O. The van der Waals surface area contributed by atoms with E-state index < -0.39 is 5.60 Å². The second-order valence-electron chi connectivity index (χ2n) is 9.01. The van der Waals surface area contributed by atoms with Gasteiger partial charge in [-0.2, -0.15) is 0 Å². The monoisotopic (exact) mass is 453 g/mol. The quantitative estimate of drug-likeness (QED) is 0.315. The van der Waals surface area contributed by atoms with Gasteiger partial charge in [0.25, 0.3) is 0 Å². The molecule has 4 nitrogen and oxygen atoms in total. The van der Waals surface area contributed by atoms with Gasteiger partial charge >= 0.3 is 0 Å². The van der Waals surface area contributed by atoms with Crippen molar-refractivity contribution in [3.8, 4) is 0 Å². The van der Waals surface area contributed by atoms with E-state index in [1.165, 1.54) is 10.8 Å². The van der Waals surface area contributed by atoms with Crippen molar-refractivity contribution in [3.63, 3.8) is 0 Å². The maximum Gasteiger partial charge on any atom is 0.144 e. The molecule has 4 aromatic rings. The molecule has 1 N–H and O–H groups in total. The van der Waals surface area contributed by atoms with Crippen LogP contribution in [0.1, 0.15) is 23.6 Å². The average Bonchev–Trinajstić information content (AvgIpc) is 2.86. The molecule has 0 aliphatic heterocycles. The summed E-state index contributed by atoms with van der Waals surface area (Å²) in [6.45, 7) is 3.00. The van der Waals surface area contributed by atoms with Gasteiger partial charge in [0.05, 0.1) is 0 Å². The van der Waals surface area contributed by atoms with Crippen LogP contribution in [0, 0.1) is 0 Å². The van der Waals surface area contributed by atoms with E-state index in [9.17, 15) is 0 Å². The molecule has 0 bridgehead atoms. The maximum absolute atomic E-state index is 6.59. The van der Waals surface area contributed by atoms with E-state index in [0.717, 1.165) is 40.3 Å². The number of hydrogen-bond acceptors (Lipinski definition) is 4. The van der Waals surface area contributed by atoms with Crippen LogP contribution in [-0.4, -0.2) is 41.8 Å². The Kier molecular flexibility index (Phi) is 6.80. The first kappa shape index (κ1) is 23.7. The fourth-order valence-electron chi connectivity index (χ4n) is 4.77. The van der Waals surface area contributed by atoms with Crippen LogP contribution in [0.25, 0.3) is 10.8 Å². The number of hydrogen-bond donors (Lipinski definition) is 1. The van der Waals surface area contributed by atoms with Gasteiger partial charge in [-0.15, -0.1) is 0 Å². The Morgan fingerprint density at radius 2 is 1.38 bits per heavy atom. The molecule has 0 aliphatic rings. The van der Waals surface area contributed by atoms with Gasteiger partial charge < -0.3 is 19.9 Å².